The first kappa shape index (κ1) is 24.8. The first-order valence-electron chi connectivity index (χ1n) is 11.5. The summed E-state index contributed by atoms with van der Waals surface area (Å²) in [6, 6.07) is 11.7. The molecule has 9 nitrogen and oxygen atoms in total. The Labute approximate surface area is 195 Å². The Bertz CT molecular complexity index is 830. The number of hydrogen-bond acceptors (Lipinski definition) is 7. The van der Waals surface area contributed by atoms with Gasteiger partial charge in [0, 0.05) is 38.4 Å². The predicted molar refractivity (Wildman–Crippen MR) is 124 cm³/mol. The molecular formula is C23H32BN5O4. The van der Waals surface area contributed by atoms with Crippen LogP contribution in [0.4, 0.5) is 0 Å². The molecule has 2 aromatic rings. The maximum Gasteiger partial charge on any atom is 0.475 e. The molecule has 2 aromatic heterocycles. The third-order valence-electron chi connectivity index (χ3n) is 5.75. The highest BCUT2D eigenvalue weighted by Gasteiger charge is 2.36. The average Bonchev–Trinajstić information content (AvgIpc) is 3.32. The molecule has 3 heterocycles. The van der Waals surface area contributed by atoms with Crippen LogP contribution in [0.15, 0.2) is 48.8 Å². The lowest BCUT2D eigenvalue weighted by Crippen LogP contribution is -2.48. The first-order valence-corrected chi connectivity index (χ1v) is 11.5. The largest absolute Gasteiger partial charge is 0.475 e. The van der Waals surface area contributed by atoms with Gasteiger partial charge in [0.05, 0.1) is 23.9 Å². The highest BCUT2D eigenvalue weighted by Crippen LogP contribution is 2.17. The van der Waals surface area contributed by atoms with Crippen molar-refractivity contribution in [3.05, 3.63) is 60.2 Å². The van der Waals surface area contributed by atoms with E-state index in [9.17, 15) is 19.6 Å². The van der Waals surface area contributed by atoms with Crippen LogP contribution in [0.2, 0.25) is 0 Å². The van der Waals surface area contributed by atoms with Crippen molar-refractivity contribution in [2.45, 2.75) is 51.1 Å². The Kier molecular flexibility index (Phi) is 9.80. The minimum absolute atomic E-state index is 0.118. The fourth-order valence-corrected chi connectivity index (χ4v) is 4.05. The Morgan fingerprint density at radius 3 is 2.30 bits per heavy atom. The van der Waals surface area contributed by atoms with Crippen LogP contribution in [0, 0.1) is 0 Å². The van der Waals surface area contributed by atoms with Gasteiger partial charge < -0.3 is 20.3 Å². The molecule has 0 saturated carbocycles. The van der Waals surface area contributed by atoms with Crippen molar-refractivity contribution < 1.29 is 19.6 Å². The maximum absolute atomic E-state index is 12.3. The van der Waals surface area contributed by atoms with Crippen LogP contribution in [0.25, 0.3) is 0 Å². The zero-order valence-corrected chi connectivity index (χ0v) is 18.8. The second kappa shape index (κ2) is 13.0. The molecule has 2 amide bonds. The van der Waals surface area contributed by atoms with E-state index in [1.165, 1.54) is 4.90 Å². The molecule has 1 fully saturated rings. The van der Waals surface area contributed by atoms with E-state index in [-0.39, 0.29) is 18.4 Å². The predicted octanol–water partition coefficient (Wildman–Crippen LogP) is 0.768. The van der Waals surface area contributed by atoms with Gasteiger partial charge in [0.2, 0.25) is 11.8 Å². The van der Waals surface area contributed by atoms with Crippen molar-refractivity contribution >= 4 is 18.9 Å². The Balaban J connectivity index is 1.40. The average molecular weight is 453 g/mol. The van der Waals surface area contributed by atoms with Gasteiger partial charge in [0.15, 0.2) is 0 Å². The van der Waals surface area contributed by atoms with Gasteiger partial charge in [-0.15, -0.1) is 0 Å². The van der Waals surface area contributed by atoms with Crippen LogP contribution in [0.5, 0.6) is 0 Å². The molecule has 0 spiro atoms. The van der Waals surface area contributed by atoms with Gasteiger partial charge in [-0.1, -0.05) is 12.1 Å². The number of unbranched alkanes of at least 4 members (excludes halogenated alkanes) is 1. The summed E-state index contributed by atoms with van der Waals surface area (Å²) in [5, 5.41) is 21.4. The third-order valence-corrected chi connectivity index (χ3v) is 5.75. The van der Waals surface area contributed by atoms with Crippen molar-refractivity contribution in [2.24, 2.45) is 0 Å². The summed E-state index contributed by atoms with van der Waals surface area (Å²) in [6.45, 7) is 2.56. The standard InChI is InChI=1S/C23H32BN5O4/c30-22(27-16-23(31)29-15-7-10-21(29)24(32)33)11-3-6-14-28(17-19-8-1-4-12-25-19)18-20-9-2-5-13-26-20/h1-2,4-5,8-9,12-13,21,32-33H,3,6-7,10-11,14-18H2,(H,27,30). The lowest BCUT2D eigenvalue weighted by Gasteiger charge is -2.24. The van der Waals surface area contributed by atoms with E-state index in [0.717, 1.165) is 30.8 Å². The van der Waals surface area contributed by atoms with Gasteiger partial charge in [0.25, 0.3) is 0 Å². The fraction of sp³-hybridized carbons (Fsp3) is 0.478. The minimum atomic E-state index is -1.55. The number of likely N-dealkylation sites (tertiary alicyclic amines) is 1. The quantitative estimate of drug-likeness (QED) is 0.321. The van der Waals surface area contributed by atoms with Crippen molar-refractivity contribution in [2.75, 3.05) is 19.6 Å². The summed E-state index contributed by atoms with van der Waals surface area (Å²) in [5.41, 5.74) is 1.97. The number of rotatable bonds is 12. The zero-order valence-electron chi connectivity index (χ0n) is 18.8. The van der Waals surface area contributed by atoms with Crippen LogP contribution < -0.4 is 5.32 Å². The molecule has 33 heavy (non-hydrogen) atoms. The van der Waals surface area contributed by atoms with E-state index in [1.807, 2.05) is 36.4 Å². The molecule has 0 radical (unpaired) electrons. The van der Waals surface area contributed by atoms with Crippen molar-refractivity contribution in [3.8, 4) is 0 Å². The molecule has 0 bridgehead atoms. The van der Waals surface area contributed by atoms with Gasteiger partial charge in [-0.2, -0.15) is 0 Å². The van der Waals surface area contributed by atoms with Crippen LogP contribution in [-0.4, -0.2) is 74.3 Å². The Morgan fingerprint density at radius 2 is 1.73 bits per heavy atom. The highest BCUT2D eigenvalue weighted by atomic mass is 16.4. The van der Waals surface area contributed by atoms with Gasteiger partial charge in [-0.25, -0.2) is 0 Å². The molecule has 1 aliphatic rings. The molecule has 1 saturated heterocycles. The van der Waals surface area contributed by atoms with Crippen LogP contribution in [0.3, 0.4) is 0 Å². The number of nitrogens with one attached hydrogen (secondary N) is 1. The number of carbonyl (C=O) groups excluding carboxylic acids is 2. The molecule has 1 aliphatic heterocycles. The minimum Gasteiger partial charge on any atom is -0.426 e. The number of carbonyl (C=O) groups is 2. The third kappa shape index (κ3) is 8.23. The summed E-state index contributed by atoms with van der Waals surface area (Å²) < 4.78 is 0. The van der Waals surface area contributed by atoms with Gasteiger partial charge >= 0.3 is 7.12 Å². The highest BCUT2D eigenvalue weighted by molar-refractivity contribution is 6.43. The SMILES string of the molecule is O=C(CCCCN(Cc1ccccn1)Cc1ccccn1)NCC(=O)N1CCCC1B(O)O. The molecule has 3 N–H and O–H groups in total. The van der Waals surface area contributed by atoms with E-state index in [2.05, 4.69) is 20.2 Å². The number of hydrogen-bond donors (Lipinski definition) is 3. The number of amides is 2. The summed E-state index contributed by atoms with van der Waals surface area (Å²) in [6.07, 6.45) is 6.71. The molecule has 10 heteroatoms. The first-order chi connectivity index (χ1) is 16.0. The lowest BCUT2D eigenvalue weighted by molar-refractivity contribution is -0.132. The molecule has 176 valence electrons. The van der Waals surface area contributed by atoms with Crippen molar-refractivity contribution in [1.82, 2.24) is 25.1 Å². The van der Waals surface area contributed by atoms with Crippen LogP contribution in [-0.2, 0) is 22.7 Å². The van der Waals surface area contributed by atoms with Gasteiger partial charge in [-0.05, 0) is 56.5 Å². The van der Waals surface area contributed by atoms with Crippen LogP contribution >= 0.6 is 0 Å². The number of aromatic nitrogens is 2. The normalized spacial score (nSPS) is 15.6. The Morgan fingerprint density at radius 1 is 1.06 bits per heavy atom. The number of pyridine rings is 2. The van der Waals surface area contributed by atoms with E-state index in [4.69, 9.17) is 0 Å². The summed E-state index contributed by atoms with van der Waals surface area (Å²) >= 11 is 0. The topological polar surface area (TPSA) is 119 Å². The molecular weight excluding hydrogens is 421 g/mol. The van der Waals surface area contributed by atoms with E-state index < -0.39 is 13.1 Å². The zero-order chi connectivity index (χ0) is 23.5. The Hall–Kier alpha value is -2.82. The van der Waals surface area contributed by atoms with Gasteiger partial charge in [-0.3, -0.25) is 24.5 Å². The molecule has 1 atom stereocenters. The second-order valence-corrected chi connectivity index (χ2v) is 8.30. The van der Waals surface area contributed by atoms with E-state index in [0.29, 0.717) is 38.9 Å². The molecule has 0 aliphatic carbocycles. The molecule has 3 rings (SSSR count). The summed E-state index contributed by atoms with van der Waals surface area (Å²) in [4.78, 5) is 37.0. The van der Waals surface area contributed by atoms with Crippen molar-refractivity contribution in [3.63, 3.8) is 0 Å². The van der Waals surface area contributed by atoms with E-state index >= 15 is 0 Å². The molecule has 1 unspecified atom stereocenters. The summed E-state index contributed by atoms with van der Waals surface area (Å²) in [5.74, 6) is -1.04. The summed E-state index contributed by atoms with van der Waals surface area (Å²) in [7, 11) is -1.55. The van der Waals surface area contributed by atoms with Crippen LogP contribution in [0.1, 0.15) is 43.5 Å². The van der Waals surface area contributed by atoms with Crippen molar-refractivity contribution in [1.29, 1.82) is 0 Å². The van der Waals surface area contributed by atoms with Gasteiger partial charge in [0.1, 0.15) is 0 Å². The monoisotopic (exact) mass is 453 g/mol. The number of nitrogens with zero attached hydrogens (tertiary/aromatic N) is 4. The molecule has 0 aromatic carbocycles. The second-order valence-electron chi connectivity index (χ2n) is 8.30. The lowest BCUT2D eigenvalue weighted by atomic mass is 9.78. The van der Waals surface area contributed by atoms with E-state index in [1.54, 1.807) is 12.4 Å². The smallest absolute Gasteiger partial charge is 0.426 e. The fourth-order valence-electron chi connectivity index (χ4n) is 4.05. The maximum atomic E-state index is 12.3.